The van der Waals surface area contributed by atoms with Crippen LogP contribution in [0.3, 0.4) is 0 Å². The molecule has 0 aliphatic carbocycles. The molecule has 6 heteroatoms. The van der Waals surface area contributed by atoms with Crippen LogP contribution in [-0.4, -0.2) is 11.1 Å². The fourth-order valence-electron chi connectivity index (χ4n) is 2.34. The SMILES string of the molecule is Cc1ccc(COc2ccc(/C=N/Nc3ccc([N+](=O)[O-])cc3)cc2)cc1. The Bertz CT molecular complexity index is 918. The van der Waals surface area contributed by atoms with Crippen molar-refractivity contribution in [1.82, 2.24) is 0 Å². The number of hydrogen-bond donors (Lipinski definition) is 1. The highest BCUT2D eigenvalue weighted by atomic mass is 16.6. The molecule has 0 amide bonds. The van der Waals surface area contributed by atoms with E-state index in [1.807, 2.05) is 24.3 Å². The van der Waals surface area contributed by atoms with Crippen molar-refractivity contribution in [2.45, 2.75) is 13.5 Å². The van der Waals surface area contributed by atoms with E-state index in [0.29, 0.717) is 12.3 Å². The summed E-state index contributed by atoms with van der Waals surface area (Å²) in [4.78, 5) is 10.2. The Labute approximate surface area is 157 Å². The summed E-state index contributed by atoms with van der Waals surface area (Å²) in [5.41, 5.74) is 6.82. The van der Waals surface area contributed by atoms with Crippen LogP contribution < -0.4 is 10.2 Å². The molecule has 0 saturated carbocycles. The molecule has 6 nitrogen and oxygen atoms in total. The van der Waals surface area contributed by atoms with E-state index in [9.17, 15) is 10.1 Å². The predicted molar refractivity (Wildman–Crippen MR) is 106 cm³/mol. The van der Waals surface area contributed by atoms with Gasteiger partial charge in [0.2, 0.25) is 0 Å². The fraction of sp³-hybridized carbons (Fsp3) is 0.0952. The minimum atomic E-state index is -0.435. The summed E-state index contributed by atoms with van der Waals surface area (Å²) in [5, 5.41) is 14.8. The molecule has 27 heavy (non-hydrogen) atoms. The summed E-state index contributed by atoms with van der Waals surface area (Å²) in [6.07, 6.45) is 1.67. The van der Waals surface area contributed by atoms with Gasteiger partial charge in [0, 0.05) is 12.1 Å². The van der Waals surface area contributed by atoms with Crippen molar-refractivity contribution >= 4 is 17.6 Å². The molecule has 0 aromatic heterocycles. The highest BCUT2D eigenvalue weighted by Crippen LogP contribution is 2.16. The van der Waals surface area contributed by atoms with E-state index < -0.39 is 4.92 Å². The van der Waals surface area contributed by atoms with Gasteiger partial charge in [-0.05, 0) is 54.4 Å². The molecule has 0 unspecified atom stereocenters. The van der Waals surface area contributed by atoms with Gasteiger partial charge in [-0.1, -0.05) is 29.8 Å². The zero-order valence-corrected chi connectivity index (χ0v) is 14.8. The lowest BCUT2D eigenvalue weighted by atomic mass is 10.2. The van der Waals surface area contributed by atoms with Crippen molar-refractivity contribution in [1.29, 1.82) is 0 Å². The number of anilines is 1. The monoisotopic (exact) mass is 361 g/mol. The lowest BCUT2D eigenvalue weighted by molar-refractivity contribution is -0.384. The average molecular weight is 361 g/mol. The van der Waals surface area contributed by atoms with E-state index in [1.54, 1.807) is 18.3 Å². The van der Waals surface area contributed by atoms with Crippen LogP contribution >= 0.6 is 0 Å². The zero-order valence-electron chi connectivity index (χ0n) is 14.8. The maximum absolute atomic E-state index is 10.6. The van der Waals surface area contributed by atoms with Gasteiger partial charge in [0.1, 0.15) is 12.4 Å². The number of aryl methyl sites for hydroxylation is 1. The molecule has 0 bridgehead atoms. The van der Waals surface area contributed by atoms with E-state index in [0.717, 1.165) is 16.9 Å². The molecule has 0 aliphatic rings. The third kappa shape index (κ3) is 5.40. The lowest BCUT2D eigenvalue weighted by Crippen LogP contribution is -1.96. The van der Waals surface area contributed by atoms with Crippen molar-refractivity contribution in [3.05, 3.63) is 99.6 Å². The Balaban J connectivity index is 1.51. The molecule has 3 aromatic rings. The van der Waals surface area contributed by atoms with E-state index in [-0.39, 0.29) is 5.69 Å². The Kier molecular flexibility index (Phi) is 5.79. The second-order valence-electron chi connectivity index (χ2n) is 6.02. The smallest absolute Gasteiger partial charge is 0.269 e. The Morgan fingerprint density at radius 3 is 2.30 bits per heavy atom. The highest BCUT2D eigenvalue weighted by Gasteiger charge is 2.02. The minimum Gasteiger partial charge on any atom is -0.489 e. The van der Waals surface area contributed by atoms with Crippen molar-refractivity contribution < 1.29 is 9.66 Å². The van der Waals surface area contributed by atoms with Crippen molar-refractivity contribution in [2.24, 2.45) is 5.10 Å². The Morgan fingerprint density at radius 2 is 1.67 bits per heavy atom. The number of non-ortho nitro benzene ring substituents is 1. The van der Waals surface area contributed by atoms with Gasteiger partial charge in [-0.15, -0.1) is 0 Å². The maximum atomic E-state index is 10.6. The number of rotatable bonds is 7. The Morgan fingerprint density at radius 1 is 1.00 bits per heavy atom. The first-order valence-corrected chi connectivity index (χ1v) is 8.42. The number of hydrazone groups is 1. The first-order chi connectivity index (χ1) is 13.1. The van der Waals surface area contributed by atoms with Gasteiger partial charge in [0.25, 0.3) is 5.69 Å². The van der Waals surface area contributed by atoms with Gasteiger partial charge in [0.15, 0.2) is 0 Å². The molecule has 136 valence electrons. The number of benzene rings is 3. The Hall–Kier alpha value is -3.67. The van der Waals surface area contributed by atoms with Crippen LogP contribution in [0.25, 0.3) is 0 Å². The number of nitro benzene ring substituents is 1. The van der Waals surface area contributed by atoms with Crippen LogP contribution in [0.15, 0.2) is 77.9 Å². The van der Waals surface area contributed by atoms with Gasteiger partial charge in [-0.3, -0.25) is 15.5 Å². The van der Waals surface area contributed by atoms with Crippen molar-refractivity contribution in [3.63, 3.8) is 0 Å². The van der Waals surface area contributed by atoms with Gasteiger partial charge in [-0.2, -0.15) is 5.10 Å². The third-order valence-corrected chi connectivity index (χ3v) is 3.89. The maximum Gasteiger partial charge on any atom is 0.269 e. The van der Waals surface area contributed by atoms with Crippen LogP contribution in [0.5, 0.6) is 5.75 Å². The second-order valence-corrected chi connectivity index (χ2v) is 6.02. The molecule has 1 N–H and O–H groups in total. The first kappa shape index (κ1) is 18.1. The summed E-state index contributed by atoms with van der Waals surface area (Å²) in [7, 11) is 0. The molecule has 0 radical (unpaired) electrons. The number of nitro groups is 1. The van der Waals surface area contributed by atoms with Gasteiger partial charge < -0.3 is 4.74 Å². The fourth-order valence-corrected chi connectivity index (χ4v) is 2.34. The van der Waals surface area contributed by atoms with Crippen molar-refractivity contribution in [3.8, 4) is 5.75 Å². The van der Waals surface area contributed by atoms with E-state index in [2.05, 4.69) is 41.7 Å². The van der Waals surface area contributed by atoms with Crippen LogP contribution in [0.4, 0.5) is 11.4 Å². The molecule has 0 fully saturated rings. The topological polar surface area (TPSA) is 76.8 Å². The van der Waals surface area contributed by atoms with Gasteiger partial charge in [-0.25, -0.2) is 0 Å². The van der Waals surface area contributed by atoms with E-state index >= 15 is 0 Å². The van der Waals surface area contributed by atoms with Crippen LogP contribution in [0.1, 0.15) is 16.7 Å². The molecule has 0 aliphatic heterocycles. The molecular weight excluding hydrogens is 342 g/mol. The predicted octanol–water partition coefficient (Wildman–Crippen LogP) is 4.93. The third-order valence-electron chi connectivity index (χ3n) is 3.89. The van der Waals surface area contributed by atoms with E-state index in [1.165, 1.54) is 17.7 Å². The summed E-state index contributed by atoms with van der Waals surface area (Å²) in [6, 6.07) is 21.9. The summed E-state index contributed by atoms with van der Waals surface area (Å²) >= 11 is 0. The summed E-state index contributed by atoms with van der Waals surface area (Å²) in [6.45, 7) is 2.58. The standard InChI is InChI=1S/C21H19N3O3/c1-16-2-4-18(5-3-16)15-27-21-12-6-17(7-13-21)14-22-23-19-8-10-20(11-9-19)24(25)26/h2-14,23H,15H2,1H3/b22-14+. The molecule has 3 rings (SSSR count). The average Bonchev–Trinajstić information content (AvgIpc) is 2.69. The first-order valence-electron chi connectivity index (χ1n) is 8.42. The highest BCUT2D eigenvalue weighted by molar-refractivity contribution is 5.80. The molecule has 0 saturated heterocycles. The molecule has 0 spiro atoms. The molecule has 0 atom stereocenters. The lowest BCUT2D eigenvalue weighted by Gasteiger charge is -2.07. The largest absolute Gasteiger partial charge is 0.489 e. The van der Waals surface area contributed by atoms with Crippen LogP contribution in [-0.2, 0) is 6.61 Å². The number of ether oxygens (including phenoxy) is 1. The molecule has 0 heterocycles. The van der Waals surface area contributed by atoms with Gasteiger partial charge in [0.05, 0.1) is 16.8 Å². The van der Waals surface area contributed by atoms with Crippen LogP contribution in [0, 0.1) is 17.0 Å². The van der Waals surface area contributed by atoms with Crippen molar-refractivity contribution in [2.75, 3.05) is 5.43 Å². The number of nitrogens with one attached hydrogen (secondary N) is 1. The number of nitrogens with zero attached hydrogens (tertiary/aromatic N) is 2. The zero-order chi connectivity index (χ0) is 19.1. The summed E-state index contributed by atoms with van der Waals surface area (Å²) < 4.78 is 5.78. The molecule has 3 aromatic carbocycles. The second kappa shape index (κ2) is 8.62. The molecular formula is C21H19N3O3. The van der Waals surface area contributed by atoms with Gasteiger partial charge >= 0.3 is 0 Å². The van der Waals surface area contributed by atoms with Crippen LogP contribution in [0.2, 0.25) is 0 Å². The normalized spacial score (nSPS) is 10.7. The van der Waals surface area contributed by atoms with E-state index in [4.69, 9.17) is 4.74 Å². The number of hydrogen-bond acceptors (Lipinski definition) is 5. The minimum absolute atomic E-state index is 0.0470. The summed E-state index contributed by atoms with van der Waals surface area (Å²) in [5.74, 6) is 0.788. The quantitative estimate of drug-likeness (QED) is 0.368.